The zero-order chi connectivity index (χ0) is 14.7. The molecule has 0 radical (unpaired) electrons. The topological polar surface area (TPSA) is 49.6 Å². The summed E-state index contributed by atoms with van der Waals surface area (Å²) in [6.07, 6.45) is 5.94. The Labute approximate surface area is 126 Å². The van der Waals surface area contributed by atoms with E-state index in [1.165, 1.54) is 24.9 Å². The first-order valence-electron chi connectivity index (χ1n) is 8.13. The SMILES string of the molecule is Nc1ccc(N2CCN(C(=O)C3CCCCC3)CC2)cc1. The van der Waals surface area contributed by atoms with Gasteiger partial charge < -0.3 is 15.5 Å². The average molecular weight is 287 g/mol. The van der Waals surface area contributed by atoms with Gasteiger partial charge in [0, 0.05) is 43.5 Å². The molecule has 1 aromatic carbocycles. The van der Waals surface area contributed by atoms with Crippen molar-refractivity contribution < 1.29 is 4.79 Å². The Morgan fingerprint density at radius 1 is 0.952 bits per heavy atom. The lowest BCUT2D eigenvalue weighted by Crippen LogP contribution is -2.50. The van der Waals surface area contributed by atoms with Gasteiger partial charge in [0.15, 0.2) is 0 Å². The summed E-state index contributed by atoms with van der Waals surface area (Å²) in [5, 5.41) is 0. The van der Waals surface area contributed by atoms with Crippen molar-refractivity contribution in [2.45, 2.75) is 32.1 Å². The third-order valence-electron chi connectivity index (χ3n) is 4.80. The van der Waals surface area contributed by atoms with Gasteiger partial charge in [0.05, 0.1) is 0 Å². The fraction of sp³-hybridized carbons (Fsp3) is 0.588. The van der Waals surface area contributed by atoms with Crippen molar-refractivity contribution in [3.8, 4) is 0 Å². The summed E-state index contributed by atoms with van der Waals surface area (Å²) in [7, 11) is 0. The Morgan fingerprint density at radius 2 is 1.57 bits per heavy atom. The van der Waals surface area contributed by atoms with Crippen LogP contribution in [0.15, 0.2) is 24.3 Å². The molecule has 1 aliphatic carbocycles. The lowest BCUT2D eigenvalue weighted by molar-refractivity contribution is -0.136. The van der Waals surface area contributed by atoms with Crippen LogP contribution >= 0.6 is 0 Å². The van der Waals surface area contributed by atoms with Crippen molar-refractivity contribution >= 4 is 17.3 Å². The summed E-state index contributed by atoms with van der Waals surface area (Å²) in [4.78, 5) is 16.9. The largest absolute Gasteiger partial charge is 0.399 e. The smallest absolute Gasteiger partial charge is 0.225 e. The number of benzene rings is 1. The number of anilines is 2. The number of piperazine rings is 1. The van der Waals surface area contributed by atoms with E-state index in [1.54, 1.807) is 0 Å². The highest BCUT2D eigenvalue weighted by molar-refractivity contribution is 5.79. The molecule has 0 aromatic heterocycles. The van der Waals surface area contributed by atoms with Crippen LogP contribution in [0, 0.1) is 5.92 Å². The molecule has 2 N–H and O–H groups in total. The van der Waals surface area contributed by atoms with Gasteiger partial charge in [0.25, 0.3) is 0 Å². The van der Waals surface area contributed by atoms with Crippen LogP contribution in [0.25, 0.3) is 0 Å². The highest BCUT2D eigenvalue weighted by atomic mass is 16.2. The quantitative estimate of drug-likeness (QED) is 0.850. The number of nitrogens with zero attached hydrogens (tertiary/aromatic N) is 2. The number of nitrogen functional groups attached to an aromatic ring is 1. The highest BCUT2D eigenvalue weighted by Gasteiger charge is 2.28. The second-order valence-electron chi connectivity index (χ2n) is 6.24. The number of hydrogen-bond acceptors (Lipinski definition) is 3. The molecule has 1 saturated heterocycles. The van der Waals surface area contributed by atoms with Crippen LogP contribution in [-0.2, 0) is 4.79 Å². The predicted molar refractivity (Wildman–Crippen MR) is 86.2 cm³/mol. The van der Waals surface area contributed by atoms with Gasteiger partial charge >= 0.3 is 0 Å². The van der Waals surface area contributed by atoms with E-state index in [0.717, 1.165) is 44.7 Å². The van der Waals surface area contributed by atoms with E-state index >= 15 is 0 Å². The molecule has 0 bridgehead atoms. The second-order valence-corrected chi connectivity index (χ2v) is 6.24. The molecule has 1 amide bonds. The molecule has 114 valence electrons. The lowest BCUT2D eigenvalue weighted by atomic mass is 9.88. The summed E-state index contributed by atoms with van der Waals surface area (Å²) < 4.78 is 0. The number of carbonyl (C=O) groups excluding carboxylic acids is 1. The Balaban J connectivity index is 1.54. The molecule has 0 atom stereocenters. The predicted octanol–water partition coefficient (Wildman–Crippen LogP) is 2.50. The molecule has 0 unspecified atom stereocenters. The van der Waals surface area contributed by atoms with Crippen LogP contribution in [0.4, 0.5) is 11.4 Å². The molecule has 1 aromatic rings. The van der Waals surface area contributed by atoms with E-state index in [0.29, 0.717) is 11.8 Å². The monoisotopic (exact) mass is 287 g/mol. The third-order valence-corrected chi connectivity index (χ3v) is 4.80. The van der Waals surface area contributed by atoms with Crippen LogP contribution in [0.3, 0.4) is 0 Å². The molecule has 1 aliphatic heterocycles. The van der Waals surface area contributed by atoms with E-state index in [-0.39, 0.29) is 0 Å². The first-order valence-corrected chi connectivity index (χ1v) is 8.13. The minimum Gasteiger partial charge on any atom is -0.399 e. The molecular weight excluding hydrogens is 262 g/mol. The van der Waals surface area contributed by atoms with Crippen LogP contribution in [0.2, 0.25) is 0 Å². The normalized spacial score (nSPS) is 20.6. The maximum Gasteiger partial charge on any atom is 0.225 e. The van der Waals surface area contributed by atoms with Gasteiger partial charge in [0.1, 0.15) is 0 Å². The zero-order valence-corrected chi connectivity index (χ0v) is 12.6. The van der Waals surface area contributed by atoms with E-state index in [4.69, 9.17) is 5.73 Å². The van der Waals surface area contributed by atoms with Crippen LogP contribution < -0.4 is 10.6 Å². The zero-order valence-electron chi connectivity index (χ0n) is 12.6. The Bertz CT molecular complexity index is 471. The van der Waals surface area contributed by atoms with Gasteiger partial charge in [-0.2, -0.15) is 0 Å². The Kier molecular flexibility index (Phi) is 4.32. The maximum atomic E-state index is 12.5. The van der Waals surface area contributed by atoms with E-state index in [9.17, 15) is 4.79 Å². The van der Waals surface area contributed by atoms with E-state index in [2.05, 4.69) is 21.9 Å². The van der Waals surface area contributed by atoms with Crippen molar-refractivity contribution in [1.29, 1.82) is 0 Å². The maximum absolute atomic E-state index is 12.5. The molecule has 3 rings (SSSR count). The Morgan fingerprint density at radius 3 is 2.19 bits per heavy atom. The van der Waals surface area contributed by atoms with Crippen LogP contribution in [0.1, 0.15) is 32.1 Å². The van der Waals surface area contributed by atoms with Crippen LogP contribution in [0.5, 0.6) is 0 Å². The van der Waals surface area contributed by atoms with Gasteiger partial charge in [-0.1, -0.05) is 19.3 Å². The molecule has 2 aliphatic rings. The van der Waals surface area contributed by atoms with Crippen molar-refractivity contribution in [1.82, 2.24) is 4.90 Å². The molecule has 4 heteroatoms. The molecule has 1 heterocycles. The third kappa shape index (κ3) is 3.31. The lowest BCUT2D eigenvalue weighted by Gasteiger charge is -2.38. The summed E-state index contributed by atoms with van der Waals surface area (Å²) in [6, 6.07) is 8.01. The average Bonchev–Trinajstić information content (AvgIpc) is 2.56. The summed E-state index contributed by atoms with van der Waals surface area (Å²) in [5.41, 5.74) is 7.73. The number of hydrogen-bond donors (Lipinski definition) is 1. The van der Waals surface area contributed by atoms with Crippen molar-refractivity contribution in [2.75, 3.05) is 36.8 Å². The van der Waals surface area contributed by atoms with Gasteiger partial charge in [-0.15, -0.1) is 0 Å². The number of rotatable bonds is 2. The molecule has 4 nitrogen and oxygen atoms in total. The second kappa shape index (κ2) is 6.37. The standard InChI is InChI=1S/C17H25N3O/c18-15-6-8-16(9-7-15)19-10-12-20(13-11-19)17(21)14-4-2-1-3-5-14/h6-9,14H,1-5,10-13,18H2. The van der Waals surface area contributed by atoms with Gasteiger partial charge in [-0.25, -0.2) is 0 Å². The van der Waals surface area contributed by atoms with Crippen LogP contribution in [-0.4, -0.2) is 37.0 Å². The Hall–Kier alpha value is -1.71. The number of nitrogens with two attached hydrogens (primary N) is 1. The summed E-state index contributed by atoms with van der Waals surface area (Å²) in [5.74, 6) is 0.688. The fourth-order valence-corrected chi connectivity index (χ4v) is 3.48. The summed E-state index contributed by atoms with van der Waals surface area (Å²) in [6.45, 7) is 3.53. The first-order chi connectivity index (χ1) is 10.2. The fourth-order valence-electron chi connectivity index (χ4n) is 3.48. The molecule has 1 saturated carbocycles. The van der Waals surface area contributed by atoms with Crippen molar-refractivity contribution in [2.24, 2.45) is 5.92 Å². The van der Waals surface area contributed by atoms with Crippen molar-refractivity contribution in [3.05, 3.63) is 24.3 Å². The van der Waals surface area contributed by atoms with E-state index < -0.39 is 0 Å². The summed E-state index contributed by atoms with van der Waals surface area (Å²) >= 11 is 0. The van der Waals surface area contributed by atoms with E-state index in [1.807, 2.05) is 12.1 Å². The van der Waals surface area contributed by atoms with Gasteiger partial charge in [-0.05, 0) is 37.1 Å². The first kappa shape index (κ1) is 14.2. The molecule has 2 fully saturated rings. The van der Waals surface area contributed by atoms with Gasteiger partial charge in [0.2, 0.25) is 5.91 Å². The highest BCUT2D eigenvalue weighted by Crippen LogP contribution is 2.26. The minimum atomic E-state index is 0.293. The number of amides is 1. The van der Waals surface area contributed by atoms with Crippen molar-refractivity contribution in [3.63, 3.8) is 0 Å². The molecular formula is C17H25N3O. The molecule has 21 heavy (non-hydrogen) atoms. The van der Waals surface area contributed by atoms with Gasteiger partial charge in [-0.3, -0.25) is 4.79 Å². The number of carbonyl (C=O) groups is 1. The minimum absolute atomic E-state index is 0.293. The molecule has 0 spiro atoms.